The number of nitrogens with one attached hydrogen (secondary N) is 1. The maximum absolute atomic E-state index is 3.74. The zero-order valence-electron chi connectivity index (χ0n) is 9.30. The molecular formula is C13H19N. The molecule has 0 fully saturated rings. The lowest BCUT2D eigenvalue weighted by Crippen LogP contribution is -2.22. The number of hydrogen-bond donors (Lipinski definition) is 1. The fourth-order valence-corrected chi connectivity index (χ4v) is 1.28. The minimum atomic E-state index is 0.372. The smallest absolute Gasteiger partial charge is 0.0222 e. The van der Waals surface area contributed by atoms with E-state index in [1.54, 1.807) is 0 Å². The molecule has 1 aromatic rings. The Bertz CT molecular complexity index is 315. The SMILES string of the molecule is C=CC(C)NCc1ccc(C)c(C)c1. The van der Waals surface area contributed by atoms with Crippen molar-refractivity contribution in [2.24, 2.45) is 0 Å². The van der Waals surface area contributed by atoms with E-state index in [0.717, 1.165) is 6.54 Å². The summed E-state index contributed by atoms with van der Waals surface area (Å²) in [7, 11) is 0. The van der Waals surface area contributed by atoms with Gasteiger partial charge in [0.25, 0.3) is 0 Å². The molecule has 0 aliphatic heterocycles. The monoisotopic (exact) mass is 189 g/mol. The summed E-state index contributed by atoms with van der Waals surface area (Å²) in [5.41, 5.74) is 4.04. The van der Waals surface area contributed by atoms with Crippen molar-refractivity contribution in [2.45, 2.75) is 33.4 Å². The van der Waals surface area contributed by atoms with E-state index in [1.807, 2.05) is 6.08 Å². The second-order valence-electron chi connectivity index (χ2n) is 3.82. The lowest BCUT2D eigenvalue weighted by Gasteiger charge is -2.10. The van der Waals surface area contributed by atoms with Crippen LogP contribution in [-0.4, -0.2) is 6.04 Å². The van der Waals surface area contributed by atoms with Gasteiger partial charge >= 0.3 is 0 Å². The van der Waals surface area contributed by atoms with Crippen LogP contribution in [0.4, 0.5) is 0 Å². The molecule has 1 nitrogen and oxygen atoms in total. The van der Waals surface area contributed by atoms with Gasteiger partial charge in [0.05, 0.1) is 0 Å². The van der Waals surface area contributed by atoms with Crippen LogP contribution in [0.25, 0.3) is 0 Å². The summed E-state index contributed by atoms with van der Waals surface area (Å²) in [6, 6.07) is 6.95. The van der Waals surface area contributed by atoms with Gasteiger partial charge in [0.2, 0.25) is 0 Å². The molecule has 0 heterocycles. The van der Waals surface area contributed by atoms with E-state index < -0.39 is 0 Å². The Labute approximate surface area is 86.8 Å². The second kappa shape index (κ2) is 4.97. The molecule has 76 valence electrons. The second-order valence-corrected chi connectivity index (χ2v) is 3.82. The standard InChI is InChI=1S/C13H19N/c1-5-12(4)14-9-13-7-6-10(2)11(3)8-13/h5-8,12,14H,1,9H2,2-4H3. The molecular weight excluding hydrogens is 170 g/mol. The summed E-state index contributed by atoms with van der Waals surface area (Å²) in [4.78, 5) is 0. The quantitative estimate of drug-likeness (QED) is 0.718. The number of rotatable bonds is 4. The summed E-state index contributed by atoms with van der Waals surface area (Å²) in [5.74, 6) is 0. The van der Waals surface area contributed by atoms with E-state index in [1.165, 1.54) is 16.7 Å². The molecule has 1 aromatic carbocycles. The Morgan fingerprint density at radius 3 is 2.64 bits per heavy atom. The first-order chi connectivity index (χ1) is 6.63. The van der Waals surface area contributed by atoms with Crippen molar-refractivity contribution in [3.8, 4) is 0 Å². The van der Waals surface area contributed by atoms with Gasteiger partial charge < -0.3 is 5.32 Å². The fraction of sp³-hybridized carbons (Fsp3) is 0.385. The van der Waals surface area contributed by atoms with Gasteiger partial charge in [-0.15, -0.1) is 6.58 Å². The molecule has 0 aliphatic rings. The molecule has 1 heteroatoms. The molecule has 1 atom stereocenters. The highest BCUT2D eigenvalue weighted by Crippen LogP contribution is 2.09. The maximum atomic E-state index is 3.74. The summed E-state index contributed by atoms with van der Waals surface area (Å²) >= 11 is 0. The van der Waals surface area contributed by atoms with Crippen LogP contribution in [0.2, 0.25) is 0 Å². The first-order valence-electron chi connectivity index (χ1n) is 5.05. The van der Waals surface area contributed by atoms with Crippen LogP contribution in [0.15, 0.2) is 30.9 Å². The van der Waals surface area contributed by atoms with Crippen LogP contribution in [0.3, 0.4) is 0 Å². The average molecular weight is 189 g/mol. The van der Waals surface area contributed by atoms with E-state index in [9.17, 15) is 0 Å². The number of hydrogen-bond acceptors (Lipinski definition) is 1. The van der Waals surface area contributed by atoms with Gasteiger partial charge in [0.15, 0.2) is 0 Å². The third-order valence-electron chi connectivity index (χ3n) is 2.55. The molecule has 0 radical (unpaired) electrons. The highest BCUT2D eigenvalue weighted by Gasteiger charge is 1.98. The van der Waals surface area contributed by atoms with Crippen molar-refractivity contribution < 1.29 is 0 Å². The predicted molar refractivity (Wildman–Crippen MR) is 62.4 cm³/mol. The largest absolute Gasteiger partial charge is 0.307 e. The molecule has 1 unspecified atom stereocenters. The van der Waals surface area contributed by atoms with Gasteiger partial charge in [-0.05, 0) is 37.5 Å². The van der Waals surface area contributed by atoms with Crippen LogP contribution in [-0.2, 0) is 6.54 Å². The van der Waals surface area contributed by atoms with Crippen molar-refractivity contribution in [2.75, 3.05) is 0 Å². The van der Waals surface area contributed by atoms with Gasteiger partial charge in [-0.25, -0.2) is 0 Å². The topological polar surface area (TPSA) is 12.0 Å². The fourth-order valence-electron chi connectivity index (χ4n) is 1.28. The van der Waals surface area contributed by atoms with Gasteiger partial charge in [-0.2, -0.15) is 0 Å². The third-order valence-corrected chi connectivity index (χ3v) is 2.55. The normalized spacial score (nSPS) is 12.5. The molecule has 0 spiro atoms. The molecule has 0 saturated carbocycles. The number of benzene rings is 1. The van der Waals surface area contributed by atoms with Gasteiger partial charge in [0, 0.05) is 12.6 Å². The molecule has 0 saturated heterocycles. The zero-order chi connectivity index (χ0) is 10.6. The predicted octanol–water partition coefficient (Wildman–Crippen LogP) is 2.97. The van der Waals surface area contributed by atoms with Crippen molar-refractivity contribution >= 4 is 0 Å². The Morgan fingerprint density at radius 1 is 1.36 bits per heavy atom. The summed E-state index contributed by atoms with van der Waals surface area (Å²) < 4.78 is 0. The van der Waals surface area contributed by atoms with Gasteiger partial charge in [0.1, 0.15) is 0 Å². The lowest BCUT2D eigenvalue weighted by molar-refractivity contribution is 0.634. The van der Waals surface area contributed by atoms with E-state index in [0.29, 0.717) is 6.04 Å². The van der Waals surface area contributed by atoms with Crippen LogP contribution in [0, 0.1) is 13.8 Å². The van der Waals surface area contributed by atoms with E-state index in [4.69, 9.17) is 0 Å². The van der Waals surface area contributed by atoms with Crippen LogP contribution in [0.5, 0.6) is 0 Å². The lowest BCUT2D eigenvalue weighted by atomic mass is 10.1. The van der Waals surface area contributed by atoms with Crippen LogP contribution in [0.1, 0.15) is 23.6 Å². The van der Waals surface area contributed by atoms with E-state index in [2.05, 4.69) is 50.9 Å². The Balaban J connectivity index is 2.59. The Kier molecular flexibility index (Phi) is 3.90. The van der Waals surface area contributed by atoms with Crippen LogP contribution >= 0.6 is 0 Å². The van der Waals surface area contributed by atoms with E-state index in [-0.39, 0.29) is 0 Å². The third kappa shape index (κ3) is 3.00. The molecule has 14 heavy (non-hydrogen) atoms. The van der Waals surface area contributed by atoms with Crippen molar-refractivity contribution in [1.29, 1.82) is 0 Å². The molecule has 0 bridgehead atoms. The molecule has 0 aliphatic carbocycles. The molecule has 1 rings (SSSR count). The van der Waals surface area contributed by atoms with Crippen molar-refractivity contribution in [1.82, 2.24) is 5.32 Å². The first kappa shape index (κ1) is 11.0. The maximum Gasteiger partial charge on any atom is 0.0222 e. The van der Waals surface area contributed by atoms with Gasteiger partial charge in [-0.1, -0.05) is 24.3 Å². The van der Waals surface area contributed by atoms with Crippen molar-refractivity contribution in [3.63, 3.8) is 0 Å². The highest BCUT2D eigenvalue weighted by molar-refractivity contribution is 5.29. The Morgan fingerprint density at radius 2 is 2.07 bits per heavy atom. The summed E-state index contributed by atoms with van der Waals surface area (Å²) in [5, 5.41) is 3.38. The van der Waals surface area contributed by atoms with Crippen molar-refractivity contribution in [3.05, 3.63) is 47.5 Å². The molecule has 0 aromatic heterocycles. The Hall–Kier alpha value is -1.08. The summed E-state index contributed by atoms with van der Waals surface area (Å²) in [6.07, 6.45) is 1.92. The van der Waals surface area contributed by atoms with Gasteiger partial charge in [-0.3, -0.25) is 0 Å². The highest BCUT2D eigenvalue weighted by atomic mass is 14.9. The number of aryl methyl sites for hydroxylation is 2. The minimum Gasteiger partial charge on any atom is -0.307 e. The summed E-state index contributed by atoms with van der Waals surface area (Å²) in [6.45, 7) is 11.0. The first-order valence-corrected chi connectivity index (χ1v) is 5.05. The average Bonchev–Trinajstić information content (AvgIpc) is 2.19. The minimum absolute atomic E-state index is 0.372. The zero-order valence-corrected chi connectivity index (χ0v) is 9.30. The molecule has 0 amide bonds. The van der Waals surface area contributed by atoms with Crippen LogP contribution < -0.4 is 5.32 Å². The molecule has 1 N–H and O–H groups in total. The van der Waals surface area contributed by atoms with E-state index >= 15 is 0 Å².